The summed E-state index contributed by atoms with van der Waals surface area (Å²) in [4.78, 5) is 14.0. The Labute approximate surface area is 101 Å². The topological polar surface area (TPSA) is 58.4 Å². The number of piperidine rings is 1. The van der Waals surface area contributed by atoms with Crippen molar-refractivity contribution in [3.05, 3.63) is 11.8 Å². The number of nitrogens with one attached hydrogen (secondary N) is 1. The fourth-order valence-electron chi connectivity index (χ4n) is 2.24. The van der Waals surface area contributed by atoms with Gasteiger partial charge in [-0.2, -0.15) is 0 Å². The van der Waals surface area contributed by atoms with Crippen LogP contribution in [0.1, 0.15) is 25.5 Å². The van der Waals surface area contributed by atoms with Crippen LogP contribution < -0.4 is 5.32 Å². The van der Waals surface area contributed by atoms with E-state index in [1.807, 2.05) is 0 Å². The number of rotatable bonds is 3. The second-order valence-electron chi connectivity index (χ2n) is 4.85. The Balaban J connectivity index is 1.80. The molecule has 0 bridgehead atoms. The van der Waals surface area contributed by atoms with Gasteiger partial charge in [0.05, 0.1) is 6.54 Å². The highest BCUT2D eigenvalue weighted by Crippen LogP contribution is 2.15. The molecule has 5 heteroatoms. The van der Waals surface area contributed by atoms with Crippen molar-refractivity contribution in [3.63, 3.8) is 0 Å². The smallest absolute Gasteiger partial charge is 0.239 e. The summed E-state index contributed by atoms with van der Waals surface area (Å²) < 4.78 is 4.89. The van der Waals surface area contributed by atoms with Crippen molar-refractivity contribution in [1.82, 2.24) is 10.1 Å². The summed E-state index contributed by atoms with van der Waals surface area (Å²) in [5, 5.41) is 6.48. The van der Waals surface area contributed by atoms with Gasteiger partial charge >= 0.3 is 0 Å². The Morgan fingerprint density at radius 3 is 3.18 bits per heavy atom. The summed E-state index contributed by atoms with van der Waals surface area (Å²) in [6.07, 6.45) is 2.44. The lowest BCUT2D eigenvalue weighted by atomic mass is 10.0. The van der Waals surface area contributed by atoms with E-state index in [-0.39, 0.29) is 5.91 Å². The van der Waals surface area contributed by atoms with Crippen LogP contribution in [-0.2, 0) is 4.79 Å². The summed E-state index contributed by atoms with van der Waals surface area (Å²) in [6, 6.07) is 1.72. The van der Waals surface area contributed by atoms with Crippen LogP contribution in [0.15, 0.2) is 10.6 Å². The van der Waals surface area contributed by atoms with Crippen LogP contribution >= 0.6 is 0 Å². The number of aromatic nitrogens is 1. The molecule has 0 spiro atoms. The van der Waals surface area contributed by atoms with E-state index in [1.165, 1.54) is 12.8 Å². The third-order valence-electron chi connectivity index (χ3n) is 3.00. The van der Waals surface area contributed by atoms with E-state index in [4.69, 9.17) is 4.52 Å². The van der Waals surface area contributed by atoms with E-state index in [9.17, 15) is 4.79 Å². The van der Waals surface area contributed by atoms with Crippen molar-refractivity contribution >= 4 is 11.7 Å². The number of carbonyl (C=O) groups excluding carboxylic acids is 1. The molecule has 17 heavy (non-hydrogen) atoms. The first-order valence-corrected chi connectivity index (χ1v) is 6.09. The molecule has 0 aliphatic carbocycles. The van der Waals surface area contributed by atoms with Gasteiger partial charge in [0.1, 0.15) is 5.76 Å². The average molecular weight is 237 g/mol. The fourth-order valence-corrected chi connectivity index (χ4v) is 2.24. The molecule has 1 aromatic rings. The Hall–Kier alpha value is -1.36. The van der Waals surface area contributed by atoms with Gasteiger partial charge in [-0.1, -0.05) is 12.1 Å². The van der Waals surface area contributed by atoms with Gasteiger partial charge in [-0.3, -0.25) is 9.69 Å². The van der Waals surface area contributed by atoms with Crippen molar-refractivity contribution in [3.8, 4) is 0 Å². The molecular formula is C12H19N3O2. The van der Waals surface area contributed by atoms with Crippen LogP contribution in [0.25, 0.3) is 0 Å². The average Bonchev–Trinajstić information content (AvgIpc) is 2.63. The number of amides is 1. The first-order chi connectivity index (χ1) is 8.13. The van der Waals surface area contributed by atoms with Gasteiger partial charge < -0.3 is 9.84 Å². The molecule has 1 aromatic heterocycles. The summed E-state index contributed by atoms with van der Waals surface area (Å²) >= 11 is 0. The van der Waals surface area contributed by atoms with Crippen molar-refractivity contribution < 1.29 is 9.32 Å². The molecule has 94 valence electrons. The van der Waals surface area contributed by atoms with E-state index in [1.54, 1.807) is 13.0 Å². The van der Waals surface area contributed by atoms with E-state index < -0.39 is 0 Å². The minimum atomic E-state index is -0.0209. The zero-order chi connectivity index (χ0) is 12.3. The molecule has 2 heterocycles. The molecule has 0 unspecified atom stereocenters. The lowest BCUT2D eigenvalue weighted by molar-refractivity contribution is -0.117. The molecule has 1 N–H and O–H groups in total. The van der Waals surface area contributed by atoms with Gasteiger partial charge in [0.25, 0.3) is 0 Å². The molecule has 5 nitrogen and oxygen atoms in total. The highest BCUT2D eigenvalue weighted by atomic mass is 16.5. The van der Waals surface area contributed by atoms with Gasteiger partial charge in [-0.25, -0.2) is 0 Å². The Morgan fingerprint density at radius 1 is 1.71 bits per heavy atom. The summed E-state index contributed by atoms with van der Waals surface area (Å²) in [6.45, 7) is 6.48. The number of aryl methyl sites for hydroxylation is 1. The van der Waals surface area contributed by atoms with Gasteiger partial charge in [0.2, 0.25) is 5.91 Å². The molecule has 1 amide bonds. The largest absolute Gasteiger partial charge is 0.360 e. The van der Waals surface area contributed by atoms with Gasteiger partial charge in [0, 0.05) is 12.6 Å². The second kappa shape index (κ2) is 5.31. The number of hydrogen-bond acceptors (Lipinski definition) is 4. The van der Waals surface area contributed by atoms with E-state index in [0.29, 0.717) is 24.0 Å². The van der Waals surface area contributed by atoms with Crippen LogP contribution in [0.4, 0.5) is 5.82 Å². The summed E-state index contributed by atoms with van der Waals surface area (Å²) in [7, 11) is 0. The second-order valence-corrected chi connectivity index (χ2v) is 4.85. The molecular weight excluding hydrogens is 218 g/mol. The molecule has 1 aliphatic heterocycles. The minimum absolute atomic E-state index is 0.0209. The van der Waals surface area contributed by atoms with Crippen LogP contribution in [0.3, 0.4) is 0 Å². The first kappa shape index (κ1) is 12.1. The standard InChI is InChI=1S/C12H19N3O2/c1-9-4-3-5-15(7-9)8-12(16)13-11-6-10(2)17-14-11/h6,9H,3-5,7-8H2,1-2H3,(H,13,14,16)/t9-/m1/s1. The maximum Gasteiger partial charge on any atom is 0.239 e. The first-order valence-electron chi connectivity index (χ1n) is 6.09. The normalized spacial score (nSPS) is 21.4. The van der Waals surface area contributed by atoms with Crippen LogP contribution in [0, 0.1) is 12.8 Å². The van der Waals surface area contributed by atoms with Crippen molar-refractivity contribution in [2.45, 2.75) is 26.7 Å². The van der Waals surface area contributed by atoms with E-state index >= 15 is 0 Å². The number of likely N-dealkylation sites (tertiary alicyclic amines) is 1. The third kappa shape index (κ3) is 3.56. The van der Waals surface area contributed by atoms with Gasteiger partial charge in [-0.15, -0.1) is 0 Å². The predicted octanol–water partition coefficient (Wildman–Crippen LogP) is 1.65. The Kier molecular flexibility index (Phi) is 3.78. The molecule has 1 atom stereocenters. The molecule has 1 saturated heterocycles. The molecule has 0 aromatic carbocycles. The molecule has 2 rings (SSSR count). The molecule has 1 fully saturated rings. The molecule has 0 radical (unpaired) electrons. The molecule has 1 aliphatic rings. The van der Waals surface area contributed by atoms with E-state index in [2.05, 4.69) is 22.3 Å². The predicted molar refractivity (Wildman–Crippen MR) is 64.7 cm³/mol. The minimum Gasteiger partial charge on any atom is -0.360 e. The van der Waals surface area contributed by atoms with Gasteiger partial charge in [-0.05, 0) is 32.2 Å². The highest BCUT2D eigenvalue weighted by Gasteiger charge is 2.18. The monoisotopic (exact) mass is 237 g/mol. The van der Waals surface area contributed by atoms with Crippen molar-refractivity contribution in [2.75, 3.05) is 25.0 Å². The van der Waals surface area contributed by atoms with Gasteiger partial charge in [0.15, 0.2) is 5.82 Å². The van der Waals surface area contributed by atoms with E-state index in [0.717, 1.165) is 13.1 Å². The maximum absolute atomic E-state index is 11.8. The van der Waals surface area contributed by atoms with Crippen LogP contribution in [-0.4, -0.2) is 35.6 Å². The molecule has 0 saturated carbocycles. The number of hydrogen-bond donors (Lipinski definition) is 1. The number of carbonyl (C=O) groups is 1. The lowest BCUT2D eigenvalue weighted by Gasteiger charge is -2.29. The lowest BCUT2D eigenvalue weighted by Crippen LogP contribution is -2.39. The Morgan fingerprint density at radius 2 is 2.53 bits per heavy atom. The maximum atomic E-state index is 11.8. The quantitative estimate of drug-likeness (QED) is 0.868. The van der Waals surface area contributed by atoms with Crippen LogP contribution in [0.2, 0.25) is 0 Å². The fraction of sp³-hybridized carbons (Fsp3) is 0.667. The highest BCUT2D eigenvalue weighted by molar-refractivity contribution is 5.91. The summed E-state index contributed by atoms with van der Waals surface area (Å²) in [5.41, 5.74) is 0. The Bertz CT molecular complexity index is 389. The number of nitrogens with zero attached hydrogens (tertiary/aromatic N) is 2. The summed E-state index contributed by atoms with van der Waals surface area (Å²) in [5.74, 6) is 1.86. The van der Waals surface area contributed by atoms with Crippen molar-refractivity contribution in [1.29, 1.82) is 0 Å². The van der Waals surface area contributed by atoms with Crippen LogP contribution in [0.5, 0.6) is 0 Å². The SMILES string of the molecule is Cc1cc(NC(=O)CN2CCC[C@@H](C)C2)no1. The zero-order valence-corrected chi connectivity index (χ0v) is 10.4. The number of anilines is 1. The third-order valence-corrected chi connectivity index (χ3v) is 3.00. The zero-order valence-electron chi connectivity index (χ0n) is 10.4. The van der Waals surface area contributed by atoms with Crippen molar-refractivity contribution in [2.24, 2.45) is 5.92 Å².